The fourth-order valence-corrected chi connectivity index (χ4v) is 3.87. The van der Waals surface area contributed by atoms with Gasteiger partial charge in [-0.3, -0.25) is 9.59 Å². The van der Waals surface area contributed by atoms with Crippen LogP contribution in [0.1, 0.15) is 49.3 Å². The molecule has 2 aliphatic heterocycles. The summed E-state index contributed by atoms with van der Waals surface area (Å²) in [7, 11) is 6.11. The predicted molar refractivity (Wildman–Crippen MR) is 103 cm³/mol. The van der Waals surface area contributed by atoms with E-state index in [0.29, 0.717) is 6.54 Å². The van der Waals surface area contributed by atoms with Gasteiger partial charge in [-0.15, -0.1) is 0 Å². The second kappa shape index (κ2) is 8.21. The van der Waals surface area contributed by atoms with E-state index in [4.69, 9.17) is 9.97 Å². The van der Waals surface area contributed by atoms with E-state index in [2.05, 4.69) is 17.3 Å². The molecule has 3 rings (SSSR count). The summed E-state index contributed by atoms with van der Waals surface area (Å²) in [4.78, 5) is 39.8. The molecule has 1 saturated heterocycles. The summed E-state index contributed by atoms with van der Waals surface area (Å²) in [5.41, 5.74) is 2.28. The van der Waals surface area contributed by atoms with Crippen molar-refractivity contribution in [3.8, 4) is 0 Å². The van der Waals surface area contributed by atoms with E-state index in [1.165, 1.54) is 12.5 Å². The third kappa shape index (κ3) is 4.37. The largest absolute Gasteiger partial charge is 0.362 e. The summed E-state index contributed by atoms with van der Waals surface area (Å²) >= 11 is 0. The number of hydrogen-bond donors (Lipinski definition) is 1. The van der Waals surface area contributed by atoms with E-state index in [0.717, 1.165) is 56.1 Å². The number of aromatic nitrogens is 2. The molecule has 0 unspecified atom stereocenters. The minimum atomic E-state index is -0.194. The molecule has 2 aliphatic rings. The minimum Gasteiger partial charge on any atom is -0.362 e. The Morgan fingerprint density at radius 2 is 2.00 bits per heavy atom. The normalized spacial score (nSPS) is 20.1. The molecular weight excluding hydrogens is 344 g/mol. The van der Waals surface area contributed by atoms with Crippen LogP contribution in [0, 0.1) is 0 Å². The fraction of sp³-hybridized carbons (Fsp3) is 0.684. The molecule has 0 radical (unpaired) electrons. The van der Waals surface area contributed by atoms with Gasteiger partial charge in [0.1, 0.15) is 5.82 Å². The number of likely N-dealkylation sites (N-methyl/N-ethyl adjacent to an activating group) is 1. The number of likely N-dealkylation sites (tertiary alicyclic amines) is 1. The first-order chi connectivity index (χ1) is 12.9. The number of fused-ring (bicyclic) bond motifs is 1. The Morgan fingerprint density at radius 1 is 1.22 bits per heavy atom. The second-order valence-electron chi connectivity index (χ2n) is 7.72. The molecule has 0 saturated carbocycles. The first-order valence-corrected chi connectivity index (χ1v) is 9.66. The maximum Gasteiger partial charge on any atom is 0.242 e. The van der Waals surface area contributed by atoms with Gasteiger partial charge in [0.2, 0.25) is 11.8 Å². The van der Waals surface area contributed by atoms with Gasteiger partial charge in [-0.1, -0.05) is 0 Å². The third-order valence-corrected chi connectivity index (χ3v) is 5.28. The fourth-order valence-electron chi connectivity index (χ4n) is 3.87. The molecule has 3 heterocycles. The topological polar surface area (TPSA) is 81.7 Å². The lowest BCUT2D eigenvalue weighted by atomic mass is 9.99. The van der Waals surface area contributed by atoms with Gasteiger partial charge >= 0.3 is 0 Å². The monoisotopic (exact) mass is 374 g/mol. The smallest absolute Gasteiger partial charge is 0.242 e. The Balaban J connectivity index is 1.92. The van der Waals surface area contributed by atoms with E-state index in [1.807, 2.05) is 23.9 Å². The maximum atomic E-state index is 12.7. The van der Waals surface area contributed by atoms with Gasteiger partial charge in [0, 0.05) is 52.6 Å². The predicted octanol–water partition coefficient (Wildman–Crippen LogP) is 0.720. The summed E-state index contributed by atoms with van der Waals surface area (Å²) in [5.74, 6) is 1.42. The van der Waals surface area contributed by atoms with Crippen molar-refractivity contribution < 1.29 is 9.59 Å². The van der Waals surface area contributed by atoms with Crippen molar-refractivity contribution in [3.05, 3.63) is 17.1 Å². The van der Waals surface area contributed by atoms with Crippen LogP contribution < -0.4 is 10.2 Å². The molecule has 1 atom stereocenters. The molecular formula is C19H30N6O2. The zero-order chi connectivity index (χ0) is 19.6. The SMILES string of the molecule is CC(=O)NCC(=O)N1CCCC[C@@H]1c1nc2c(c(N(C)C)n1)CN(C)CC2. The van der Waals surface area contributed by atoms with E-state index < -0.39 is 0 Å². The number of nitrogens with one attached hydrogen (secondary N) is 1. The Hall–Kier alpha value is -2.22. The number of hydrogen-bond acceptors (Lipinski definition) is 6. The van der Waals surface area contributed by atoms with Crippen LogP contribution in [-0.4, -0.2) is 72.4 Å². The standard InChI is InChI=1S/C19H30N6O2/c1-13(26)20-11-17(27)25-9-6-5-7-16(25)18-21-15-8-10-24(4)12-14(15)19(22-18)23(2)3/h16H,5-12H2,1-4H3,(H,20,26)/t16-/m1/s1. The number of anilines is 1. The first-order valence-electron chi connectivity index (χ1n) is 9.66. The van der Waals surface area contributed by atoms with E-state index >= 15 is 0 Å². The highest BCUT2D eigenvalue weighted by atomic mass is 16.2. The number of nitrogens with zero attached hydrogens (tertiary/aromatic N) is 5. The zero-order valence-electron chi connectivity index (χ0n) is 16.8. The van der Waals surface area contributed by atoms with Gasteiger partial charge < -0.3 is 20.0 Å². The number of rotatable bonds is 4. The lowest BCUT2D eigenvalue weighted by Crippen LogP contribution is -2.44. The summed E-state index contributed by atoms with van der Waals surface area (Å²) in [5, 5.41) is 2.61. The molecule has 1 aromatic heterocycles. The summed E-state index contributed by atoms with van der Waals surface area (Å²) in [6.07, 6.45) is 3.78. The highest BCUT2D eigenvalue weighted by Crippen LogP contribution is 2.32. The minimum absolute atomic E-state index is 0.0299. The maximum absolute atomic E-state index is 12.7. The van der Waals surface area contributed by atoms with Gasteiger partial charge in [0.25, 0.3) is 0 Å². The molecule has 8 nitrogen and oxygen atoms in total. The van der Waals surface area contributed by atoms with Crippen molar-refractivity contribution in [2.75, 3.05) is 45.7 Å². The van der Waals surface area contributed by atoms with Crippen molar-refractivity contribution in [1.29, 1.82) is 0 Å². The van der Waals surface area contributed by atoms with Gasteiger partial charge in [-0.2, -0.15) is 0 Å². The van der Waals surface area contributed by atoms with Crippen molar-refractivity contribution in [2.45, 2.75) is 45.2 Å². The van der Waals surface area contributed by atoms with Crippen LogP contribution in [0.15, 0.2) is 0 Å². The lowest BCUT2D eigenvalue weighted by Gasteiger charge is -2.36. The van der Waals surface area contributed by atoms with Crippen LogP contribution in [0.25, 0.3) is 0 Å². The Morgan fingerprint density at radius 3 is 2.70 bits per heavy atom. The van der Waals surface area contributed by atoms with Crippen LogP contribution in [0.5, 0.6) is 0 Å². The van der Waals surface area contributed by atoms with Crippen LogP contribution >= 0.6 is 0 Å². The number of piperidine rings is 1. The number of carbonyl (C=O) groups excluding carboxylic acids is 2. The molecule has 148 valence electrons. The van der Waals surface area contributed by atoms with Crippen molar-refractivity contribution in [1.82, 2.24) is 25.1 Å². The lowest BCUT2D eigenvalue weighted by molar-refractivity contribution is -0.136. The Bertz CT molecular complexity index is 720. The molecule has 1 fully saturated rings. The van der Waals surface area contributed by atoms with Gasteiger partial charge in [0.05, 0.1) is 18.3 Å². The average Bonchev–Trinajstić information content (AvgIpc) is 2.65. The third-order valence-electron chi connectivity index (χ3n) is 5.28. The molecule has 1 aromatic rings. The second-order valence-corrected chi connectivity index (χ2v) is 7.72. The van der Waals surface area contributed by atoms with E-state index in [1.54, 1.807) is 0 Å². The van der Waals surface area contributed by atoms with Crippen LogP contribution in [0.4, 0.5) is 5.82 Å². The van der Waals surface area contributed by atoms with E-state index in [-0.39, 0.29) is 24.4 Å². The van der Waals surface area contributed by atoms with Gasteiger partial charge in [-0.05, 0) is 26.3 Å². The molecule has 0 spiro atoms. The van der Waals surface area contributed by atoms with E-state index in [9.17, 15) is 9.59 Å². The molecule has 0 bridgehead atoms. The molecule has 0 aromatic carbocycles. The molecule has 2 amide bonds. The van der Waals surface area contributed by atoms with Crippen LogP contribution in [0.3, 0.4) is 0 Å². The Labute approximate surface area is 160 Å². The highest BCUT2D eigenvalue weighted by Gasteiger charge is 2.32. The number of carbonyl (C=O) groups is 2. The van der Waals surface area contributed by atoms with Crippen molar-refractivity contribution in [3.63, 3.8) is 0 Å². The highest BCUT2D eigenvalue weighted by molar-refractivity contribution is 5.84. The summed E-state index contributed by atoms with van der Waals surface area (Å²) in [6, 6.07) is -0.122. The summed E-state index contributed by atoms with van der Waals surface area (Å²) in [6.45, 7) is 3.96. The van der Waals surface area contributed by atoms with Crippen LogP contribution in [0.2, 0.25) is 0 Å². The van der Waals surface area contributed by atoms with Crippen molar-refractivity contribution >= 4 is 17.6 Å². The van der Waals surface area contributed by atoms with Gasteiger partial charge in [-0.25, -0.2) is 9.97 Å². The van der Waals surface area contributed by atoms with Crippen LogP contribution in [-0.2, 0) is 22.6 Å². The molecule has 8 heteroatoms. The molecule has 0 aliphatic carbocycles. The zero-order valence-corrected chi connectivity index (χ0v) is 16.8. The van der Waals surface area contributed by atoms with Crippen molar-refractivity contribution in [2.24, 2.45) is 0 Å². The first kappa shape index (κ1) is 19.5. The molecule has 27 heavy (non-hydrogen) atoms. The molecule has 1 N–H and O–H groups in total. The number of amides is 2. The summed E-state index contributed by atoms with van der Waals surface area (Å²) < 4.78 is 0. The van der Waals surface area contributed by atoms with Gasteiger partial charge in [0.15, 0.2) is 5.82 Å². The quantitative estimate of drug-likeness (QED) is 0.836. The average molecular weight is 374 g/mol. The Kier molecular flexibility index (Phi) is 5.94.